The highest BCUT2D eigenvalue weighted by Crippen LogP contribution is 2.28. The maximum atomic E-state index is 4.82. The molecule has 0 saturated heterocycles. The second-order valence-corrected chi connectivity index (χ2v) is 6.00. The van der Waals surface area contributed by atoms with Crippen molar-refractivity contribution in [2.45, 2.75) is 13.0 Å². The standard InChI is InChI=1S/C15H21N3S/c1-16-11-13-15(12-7-5-4-6-8-12)17-14(19-13)9-10-18(2)3/h4-8,16H,9-11H2,1-3H3. The SMILES string of the molecule is CNCc1sc(CCN(C)C)nc1-c1ccccc1. The molecule has 19 heavy (non-hydrogen) atoms. The third kappa shape index (κ3) is 3.86. The average Bonchev–Trinajstić information content (AvgIpc) is 2.81. The molecule has 0 fully saturated rings. The van der Waals surface area contributed by atoms with Crippen molar-refractivity contribution in [2.24, 2.45) is 0 Å². The number of benzene rings is 1. The lowest BCUT2D eigenvalue weighted by atomic mass is 10.1. The predicted octanol–water partition coefficient (Wildman–Crippen LogP) is 2.63. The van der Waals surface area contributed by atoms with Crippen LogP contribution in [0, 0.1) is 0 Å². The fourth-order valence-electron chi connectivity index (χ4n) is 1.93. The van der Waals surface area contributed by atoms with E-state index < -0.39 is 0 Å². The van der Waals surface area contributed by atoms with E-state index in [4.69, 9.17) is 4.98 Å². The zero-order valence-corrected chi connectivity index (χ0v) is 12.6. The molecule has 0 saturated carbocycles. The fraction of sp³-hybridized carbons (Fsp3) is 0.400. The van der Waals surface area contributed by atoms with Crippen LogP contribution in [0.3, 0.4) is 0 Å². The van der Waals surface area contributed by atoms with E-state index in [0.29, 0.717) is 0 Å². The van der Waals surface area contributed by atoms with Gasteiger partial charge in [-0.1, -0.05) is 30.3 Å². The molecule has 0 aliphatic carbocycles. The van der Waals surface area contributed by atoms with Crippen LogP contribution in [0.15, 0.2) is 30.3 Å². The molecule has 1 aromatic carbocycles. The number of thiazole rings is 1. The Morgan fingerprint density at radius 2 is 1.95 bits per heavy atom. The van der Waals surface area contributed by atoms with Crippen molar-refractivity contribution in [1.82, 2.24) is 15.2 Å². The minimum atomic E-state index is 0.879. The first-order valence-corrected chi connectivity index (χ1v) is 7.35. The quantitative estimate of drug-likeness (QED) is 0.878. The Balaban J connectivity index is 2.25. The highest BCUT2D eigenvalue weighted by Gasteiger charge is 2.12. The molecule has 4 heteroatoms. The van der Waals surface area contributed by atoms with Gasteiger partial charge in [0.2, 0.25) is 0 Å². The minimum Gasteiger partial charge on any atom is -0.315 e. The van der Waals surface area contributed by atoms with Gasteiger partial charge in [0.05, 0.1) is 10.7 Å². The van der Waals surface area contributed by atoms with Crippen molar-refractivity contribution in [3.8, 4) is 11.3 Å². The van der Waals surface area contributed by atoms with Crippen molar-refractivity contribution in [1.29, 1.82) is 0 Å². The minimum absolute atomic E-state index is 0.879. The number of rotatable bonds is 6. The summed E-state index contributed by atoms with van der Waals surface area (Å²) in [6.07, 6.45) is 1.02. The Morgan fingerprint density at radius 3 is 2.58 bits per heavy atom. The van der Waals surface area contributed by atoms with Crippen LogP contribution in [0.4, 0.5) is 0 Å². The molecule has 0 spiro atoms. The molecule has 1 heterocycles. The smallest absolute Gasteiger partial charge is 0.0948 e. The van der Waals surface area contributed by atoms with E-state index in [9.17, 15) is 0 Å². The molecule has 3 nitrogen and oxygen atoms in total. The maximum Gasteiger partial charge on any atom is 0.0948 e. The summed E-state index contributed by atoms with van der Waals surface area (Å²) in [5.41, 5.74) is 2.34. The van der Waals surface area contributed by atoms with Gasteiger partial charge in [-0.05, 0) is 21.1 Å². The second-order valence-electron chi connectivity index (χ2n) is 4.83. The Morgan fingerprint density at radius 1 is 1.21 bits per heavy atom. The van der Waals surface area contributed by atoms with Gasteiger partial charge in [0.15, 0.2) is 0 Å². The molecular weight excluding hydrogens is 254 g/mol. The van der Waals surface area contributed by atoms with E-state index in [1.807, 2.05) is 24.5 Å². The zero-order chi connectivity index (χ0) is 13.7. The van der Waals surface area contributed by atoms with Crippen molar-refractivity contribution in [3.05, 3.63) is 40.2 Å². The molecule has 0 amide bonds. The van der Waals surface area contributed by atoms with Gasteiger partial charge in [-0.15, -0.1) is 11.3 Å². The first-order chi connectivity index (χ1) is 9.20. The molecule has 2 aromatic rings. The van der Waals surface area contributed by atoms with Crippen LogP contribution in [-0.4, -0.2) is 37.6 Å². The molecule has 1 N–H and O–H groups in total. The summed E-state index contributed by atoms with van der Waals surface area (Å²) in [6.45, 7) is 1.92. The number of nitrogens with zero attached hydrogens (tertiary/aromatic N) is 2. The van der Waals surface area contributed by atoms with E-state index in [1.54, 1.807) is 0 Å². The first-order valence-electron chi connectivity index (χ1n) is 6.54. The molecular formula is C15H21N3S. The normalized spacial score (nSPS) is 11.2. The summed E-state index contributed by atoms with van der Waals surface area (Å²) in [5.74, 6) is 0. The molecule has 0 atom stereocenters. The van der Waals surface area contributed by atoms with Crippen LogP contribution in [0.25, 0.3) is 11.3 Å². The van der Waals surface area contributed by atoms with Crippen molar-refractivity contribution < 1.29 is 0 Å². The second kappa shape index (κ2) is 6.80. The van der Waals surface area contributed by atoms with Crippen LogP contribution < -0.4 is 5.32 Å². The Labute approximate surface area is 119 Å². The number of hydrogen-bond donors (Lipinski definition) is 1. The Hall–Kier alpha value is -1.23. The van der Waals surface area contributed by atoms with Crippen LogP contribution in [0.5, 0.6) is 0 Å². The van der Waals surface area contributed by atoms with Crippen molar-refractivity contribution in [2.75, 3.05) is 27.7 Å². The summed E-state index contributed by atoms with van der Waals surface area (Å²) in [5, 5.41) is 4.45. The van der Waals surface area contributed by atoms with Gasteiger partial charge in [-0.2, -0.15) is 0 Å². The van der Waals surface area contributed by atoms with Crippen LogP contribution >= 0.6 is 11.3 Å². The molecule has 0 bridgehead atoms. The first kappa shape index (κ1) is 14.2. The molecule has 0 aliphatic heterocycles. The lowest BCUT2D eigenvalue weighted by Gasteiger charge is -2.06. The van der Waals surface area contributed by atoms with Gasteiger partial charge in [-0.3, -0.25) is 0 Å². The summed E-state index contributed by atoms with van der Waals surface area (Å²) in [6, 6.07) is 10.4. The van der Waals surface area contributed by atoms with Gasteiger partial charge in [0.1, 0.15) is 0 Å². The topological polar surface area (TPSA) is 28.2 Å². The molecule has 0 unspecified atom stereocenters. The summed E-state index contributed by atoms with van der Waals surface area (Å²) < 4.78 is 0. The van der Waals surface area contributed by atoms with E-state index in [2.05, 4.69) is 48.6 Å². The number of aromatic nitrogens is 1. The van der Waals surface area contributed by atoms with E-state index >= 15 is 0 Å². The monoisotopic (exact) mass is 275 g/mol. The molecule has 0 radical (unpaired) electrons. The van der Waals surface area contributed by atoms with E-state index in [0.717, 1.165) is 25.2 Å². The largest absolute Gasteiger partial charge is 0.315 e. The van der Waals surface area contributed by atoms with E-state index in [1.165, 1.54) is 15.4 Å². The van der Waals surface area contributed by atoms with Gasteiger partial charge in [-0.25, -0.2) is 4.98 Å². The molecule has 102 valence electrons. The third-order valence-electron chi connectivity index (χ3n) is 2.90. The van der Waals surface area contributed by atoms with Crippen molar-refractivity contribution >= 4 is 11.3 Å². The Bertz CT molecular complexity index is 505. The fourth-order valence-corrected chi connectivity index (χ4v) is 3.02. The van der Waals surface area contributed by atoms with Gasteiger partial charge >= 0.3 is 0 Å². The Kier molecular flexibility index (Phi) is 5.07. The van der Waals surface area contributed by atoms with Crippen LogP contribution in [-0.2, 0) is 13.0 Å². The third-order valence-corrected chi connectivity index (χ3v) is 4.01. The number of hydrogen-bond acceptors (Lipinski definition) is 4. The molecule has 1 aromatic heterocycles. The maximum absolute atomic E-state index is 4.82. The van der Waals surface area contributed by atoms with Gasteiger partial charge < -0.3 is 10.2 Å². The van der Waals surface area contributed by atoms with Crippen molar-refractivity contribution in [3.63, 3.8) is 0 Å². The zero-order valence-electron chi connectivity index (χ0n) is 11.8. The molecule has 2 rings (SSSR count). The summed E-state index contributed by atoms with van der Waals surface area (Å²) in [4.78, 5) is 8.34. The molecule has 0 aliphatic rings. The summed E-state index contributed by atoms with van der Waals surface area (Å²) in [7, 11) is 6.18. The number of likely N-dealkylation sites (N-methyl/N-ethyl adjacent to an activating group) is 1. The summed E-state index contributed by atoms with van der Waals surface area (Å²) >= 11 is 1.82. The number of nitrogens with one attached hydrogen (secondary N) is 1. The van der Waals surface area contributed by atoms with Gasteiger partial charge in [0, 0.05) is 30.0 Å². The lowest BCUT2D eigenvalue weighted by Crippen LogP contribution is -2.14. The highest BCUT2D eigenvalue weighted by atomic mass is 32.1. The van der Waals surface area contributed by atoms with Crippen LogP contribution in [0.1, 0.15) is 9.88 Å². The average molecular weight is 275 g/mol. The lowest BCUT2D eigenvalue weighted by molar-refractivity contribution is 0.413. The van der Waals surface area contributed by atoms with E-state index in [-0.39, 0.29) is 0 Å². The van der Waals surface area contributed by atoms with Crippen LogP contribution in [0.2, 0.25) is 0 Å². The highest BCUT2D eigenvalue weighted by molar-refractivity contribution is 7.12. The van der Waals surface area contributed by atoms with Gasteiger partial charge in [0.25, 0.3) is 0 Å². The predicted molar refractivity (Wildman–Crippen MR) is 82.6 cm³/mol.